The summed E-state index contributed by atoms with van der Waals surface area (Å²) < 4.78 is 24.4. The van der Waals surface area contributed by atoms with Crippen LogP contribution < -0.4 is 5.32 Å². The third-order valence-corrected chi connectivity index (χ3v) is 4.31. The minimum Gasteiger partial charge on any atom is -0.396 e. The minimum atomic E-state index is -2.45. The van der Waals surface area contributed by atoms with E-state index in [2.05, 4.69) is 5.32 Å². The number of carbonyl (C=O) groups is 1. The standard InChI is InChI=1S/C15H20F2N2O2S/c16-15(17)22-13-5-3-12(4-6-13)18-14(21)9-19-7-1-2-11(8-19)10-20/h3-6,11,15,20H,1-2,7-10H2,(H,18,21). The van der Waals surface area contributed by atoms with Crippen LogP contribution in [0.2, 0.25) is 0 Å². The van der Waals surface area contributed by atoms with Gasteiger partial charge in [-0.15, -0.1) is 0 Å². The van der Waals surface area contributed by atoms with Crippen LogP contribution in [0.15, 0.2) is 29.2 Å². The van der Waals surface area contributed by atoms with E-state index < -0.39 is 5.76 Å². The number of thioether (sulfide) groups is 1. The van der Waals surface area contributed by atoms with Crippen molar-refractivity contribution in [3.8, 4) is 0 Å². The molecule has 22 heavy (non-hydrogen) atoms. The lowest BCUT2D eigenvalue weighted by Crippen LogP contribution is -2.41. The molecule has 0 spiro atoms. The molecule has 1 aliphatic rings. The third-order valence-electron chi connectivity index (χ3n) is 3.59. The smallest absolute Gasteiger partial charge is 0.288 e. The second-order valence-corrected chi connectivity index (χ2v) is 6.44. The van der Waals surface area contributed by atoms with Crippen LogP contribution in [0, 0.1) is 5.92 Å². The molecule has 1 fully saturated rings. The molecule has 1 amide bonds. The molecule has 0 aliphatic carbocycles. The fourth-order valence-corrected chi connectivity index (χ4v) is 3.07. The average Bonchev–Trinajstić information content (AvgIpc) is 2.49. The van der Waals surface area contributed by atoms with Crippen molar-refractivity contribution in [2.24, 2.45) is 5.92 Å². The Labute approximate surface area is 132 Å². The van der Waals surface area contributed by atoms with E-state index in [-0.39, 0.29) is 25.0 Å². The van der Waals surface area contributed by atoms with Gasteiger partial charge in [0, 0.05) is 23.7 Å². The van der Waals surface area contributed by atoms with Crippen LogP contribution in [0.4, 0.5) is 14.5 Å². The first kappa shape index (κ1) is 17.2. The van der Waals surface area contributed by atoms with Crippen molar-refractivity contribution in [2.75, 3.05) is 31.6 Å². The zero-order chi connectivity index (χ0) is 15.9. The number of hydrogen-bond acceptors (Lipinski definition) is 4. The number of nitrogens with zero attached hydrogens (tertiary/aromatic N) is 1. The van der Waals surface area contributed by atoms with Crippen LogP contribution in [0.5, 0.6) is 0 Å². The SMILES string of the molecule is O=C(CN1CCCC(CO)C1)Nc1ccc(SC(F)F)cc1. The topological polar surface area (TPSA) is 52.6 Å². The Morgan fingerprint density at radius 3 is 2.77 bits per heavy atom. The number of rotatable bonds is 6. The summed E-state index contributed by atoms with van der Waals surface area (Å²) in [4.78, 5) is 14.5. The summed E-state index contributed by atoms with van der Waals surface area (Å²) in [6.45, 7) is 2.02. The molecule has 0 saturated carbocycles. The number of carbonyl (C=O) groups excluding carboxylic acids is 1. The molecule has 7 heteroatoms. The molecule has 1 aliphatic heterocycles. The summed E-state index contributed by atoms with van der Waals surface area (Å²) in [5.74, 6) is -2.33. The highest BCUT2D eigenvalue weighted by Gasteiger charge is 2.20. The van der Waals surface area contributed by atoms with Crippen molar-refractivity contribution in [3.05, 3.63) is 24.3 Å². The van der Waals surface area contributed by atoms with Gasteiger partial charge >= 0.3 is 0 Å². The lowest BCUT2D eigenvalue weighted by Gasteiger charge is -2.31. The van der Waals surface area contributed by atoms with Gasteiger partial charge in [0.2, 0.25) is 5.91 Å². The zero-order valence-electron chi connectivity index (χ0n) is 12.2. The van der Waals surface area contributed by atoms with Crippen molar-refractivity contribution < 1.29 is 18.7 Å². The fourth-order valence-electron chi connectivity index (χ4n) is 2.57. The van der Waals surface area contributed by atoms with E-state index in [1.165, 1.54) is 0 Å². The Balaban J connectivity index is 1.81. The van der Waals surface area contributed by atoms with Crippen molar-refractivity contribution in [1.82, 2.24) is 4.90 Å². The number of aliphatic hydroxyl groups excluding tert-OH is 1. The van der Waals surface area contributed by atoms with Crippen molar-refractivity contribution in [1.29, 1.82) is 0 Å². The highest BCUT2D eigenvalue weighted by atomic mass is 32.2. The van der Waals surface area contributed by atoms with Gasteiger partial charge in [0.25, 0.3) is 5.76 Å². The van der Waals surface area contributed by atoms with E-state index in [0.29, 0.717) is 22.3 Å². The molecule has 1 saturated heterocycles. The molecule has 1 unspecified atom stereocenters. The monoisotopic (exact) mass is 330 g/mol. The van der Waals surface area contributed by atoms with Crippen molar-refractivity contribution in [2.45, 2.75) is 23.5 Å². The summed E-state index contributed by atoms with van der Waals surface area (Å²) in [5.41, 5.74) is 0.597. The molecule has 4 nitrogen and oxygen atoms in total. The van der Waals surface area contributed by atoms with E-state index in [1.807, 2.05) is 4.90 Å². The van der Waals surface area contributed by atoms with Crippen molar-refractivity contribution in [3.63, 3.8) is 0 Å². The molecule has 0 radical (unpaired) electrons. The Hall–Kier alpha value is -1.18. The number of aliphatic hydroxyl groups is 1. The van der Waals surface area contributed by atoms with E-state index in [4.69, 9.17) is 0 Å². The molecule has 1 atom stereocenters. The summed E-state index contributed by atoms with van der Waals surface area (Å²) in [6.07, 6.45) is 1.98. The van der Waals surface area contributed by atoms with Gasteiger partial charge in [0.1, 0.15) is 0 Å². The largest absolute Gasteiger partial charge is 0.396 e. The zero-order valence-corrected chi connectivity index (χ0v) is 13.0. The number of piperidine rings is 1. The van der Waals surface area contributed by atoms with Gasteiger partial charge in [0.05, 0.1) is 6.54 Å². The highest BCUT2D eigenvalue weighted by Crippen LogP contribution is 2.26. The van der Waals surface area contributed by atoms with Gasteiger partial charge in [-0.3, -0.25) is 9.69 Å². The molecule has 0 bridgehead atoms. The van der Waals surface area contributed by atoms with Crippen LogP contribution in [0.25, 0.3) is 0 Å². The second kappa shape index (κ2) is 8.45. The Bertz CT molecular complexity index is 485. The maximum absolute atomic E-state index is 12.2. The first-order valence-electron chi connectivity index (χ1n) is 7.24. The van der Waals surface area contributed by atoms with Crippen LogP contribution in [-0.2, 0) is 4.79 Å². The number of halogens is 2. The Morgan fingerprint density at radius 2 is 2.14 bits per heavy atom. The molecule has 1 aromatic carbocycles. The molecule has 122 valence electrons. The summed E-state index contributed by atoms with van der Waals surface area (Å²) in [7, 11) is 0. The van der Waals surface area contributed by atoms with E-state index in [9.17, 15) is 18.7 Å². The van der Waals surface area contributed by atoms with E-state index >= 15 is 0 Å². The number of nitrogens with one attached hydrogen (secondary N) is 1. The van der Waals surface area contributed by atoms with E-state index in [0.717, 1.165) is 25.9 Å². The van der Waals surface area contributed by atoms with Crippen LogP contribution in [0.3, 0.4) is 0 Å². The number of benzene rings is 1. The lowest BCUT2D eigenvalue weighted by molar-refractivity contribution is -0.117. The molecule has 2 rings (SSSR count). The second-order valence-electron chi connectivity index (χ2n) is 5.38. The van der Waals surface area contributed by atoms with Gasteiger partial charge in [-0.1, -0.05) is 11.8 Å². The van der Waals surface area contributed by atoms with Crippen molar-refractivity contribution >= 4 is 23.4 Å². The molecular weight excluding hydrogens is 310 g/mol. The van der Waals surface area contributed by atoms with Gasteiger partial charge in [-0.2, -0.15) is 8.78 Å². The number of alkyl halides is 2. The van der Waals surface area contributed by atoms with Crippen LogP contribution >= 0.6 is 11.8 Å². The Morgan fingerprint density at radius 1 is 1.41 bits per heavy atom. The van der Waals surface area contributed by atoms with Gasteiger partial charge in [-0.05, 0) is 49.6 Å². The summed E-state index contributed by atoms with van der Waals surface area (Å²) in [5, 5.41) is 11.9. The highest BCUT2D eigenvalue weighted by molar-refractivity contribution is 7.99. The first-order chi connectivity index (χ1) is 10.6. The summed E-state index contributed by atoms with van der Waals surface area (Å²) in [6, 6.07) is 6.37. The Kier molecular flexibility index (Phi) is 6.60. The predicted octanol–water partition coefficient (Wildman–Crippen LogP) is 2.64. The van der Waals surface area contributed by atoms with Gasteiger partial charge in [0.15, 0.2) is 0 Å². The minimum absolute atomic E-state index is 0.132. The van der Waals surface area contributed by atoms with Crippen LogP contribution in [-0.4, -0.2) is 47.9 Å². The first-order valence-corrected chi connectivity index (χ1v) is 8.12. The summed E-state index contributed by atoms with van der Waals surface area (Å²) >= 11 is 0.479. The number of amides is 1. The number of hydrogen-bond donors (Lipinski definition) is 2. The molecule has 1 aromatic rings. The maximum Gasteiger partial charge on any atom is 0.288 e. The number of likely N-dealkylation sites (tertiary alicyclic amines) is 1. The molecular formula is C15H20F2N2O2S. The normalized spacial score (nSPS) is 19.4. The van der Waals surface area contributed by atoms with E-state index in [1.54, 1.807) is 24.3 Å². The molecule has 2 N–H and O–H groups in total. The number of anilines is 1. The molecule has 1 heterocycles. The van der Waals surface area contributed by atoms with Gasteiger partial charge < -0.3 is 10.4 Å². The fraction of sp³-hybridized carbons (Fsp3) is 0.533. The maximum atomic E-state index is 12.2. The van der Waals surface area contributed by atoms with Crippen LogP contribution in [0.1, 0.15) is 12.8 Å². The predicted molar refractivity (Wildman–Crippen MR) is 83.2 cm³/mol. The lowest BCUT2D eigenvalue weighted by atomic mass is 9.99. The quantitative estimate of drug-likeness (QED) is 0.788. The average molecular weight is 330 g/mol. The third kappa shape index (κ3) is 5.55. The molecule has 0 aromatic heterocycles. The van der Waals surface area contributed by atoms with Gasteiger partial charge in [-0.25, -0.2) is 0 Å².